The van der Waals surface area contributed by atoms with Crippen molar-refractivity contribution in [1.29, 1.82) is 0 Å². The van der Waals surface area contributed by atoms with Gasteiger partial charge in [-0.15, -0.1) is 0 Å². The van der Waals surface area contributed by atoms with Gasteiger partial charge in [0.2, 0.25) is 11.8 Å². The minimum atomic E-state index is -4.68. The number of aromatic nitrogens is 4. The first-order valence-corrected chi connectivity index (χ1v) is 12.1. The number of rotatable bonds is 4. The number of anilines is 2. The Bertz CT molecular complexity index is 1540. The first kappa shape index (κ1) is 23.9. The number of halogens is 3. The molecule has 0 bridgehead atoms. The number of nitrogen functional groups attached to an aromatic ring is 1. The van der Waals surface area contributed by atoms with Gasteiger partial charge < -0.3 is 15.2 Å². The van der Waals surface area contributed by atoms with Crippen LogP contribution in [0.2, 0.25) is 0 Å². The zero-order valence-electron chi connectivity index (χ0n) is 19.9. The number of carbonyl (C=O) groups excluding carboxylic acids is 2. The molecule has 3 aromatic heterocycles. The Kier molecular flexibility index (Phi) is 5.58. The third-order valence-electron chi connectivity index (χ3n) is 7.15. The van der Waals surface area contributed by atoms with Crippen molar-refractivity contribution in [3.05, 3.63) is 59.8 Å². The Labute approximate surface area is 213 Å². The third kappa shape index (κ3) is 4.13. The van der Waals surface area contributed by atoms with E-state index in [-0.39, 0.29) is 17.4 Å². The Morgan fingerprint density at radius 2 is 1.95 bits per heavy atom. The van der Waals surface area contributed by atoms with Crippen molar-refractivity contribution in [2.24, 2.45) is 0 Å². The molecule has 13 heteroatoms. The summed E-state index contributed by atoms with van der Waals surface area (Å²) in [5, 5.41) is 5.19. The van der Waals surface area contributed by atoms with Gasteiger partial charge in [0.15, 0.2) is 5.69 Å². The molecule has 0 radical (unpaired) electrons. The number of nitrogens with zero attached hydrogens (tertiary/aromatic N) is 5. The van der Waals surface area contributed by atoms with Crippen LogP contribution < -0.4 is 11.1 Å². The van der Waals surface area contributed by atoms with Crippen LogP contribution in [0.3, 0.4) is 0 Å². The van der Waals surface area contributed by atoms with Gasteiger partial charge in [0.1, 0.15) is 22.9 Å². The van der Waals surface area contributed by atoms with Gasteiger partial charge in [0, 0.05) is 54.5 Å². The monoisotopic (exact) mass is 525 g/mol. The lowest BCUT2D eigenvalue weighted by Crippen LogP contribution is -2.41. The molecule has 2 atom stereocenters. The lowest BCUT2D eigenvalue weighted by molar-refractivity contribution is -0.142. The molecule has 0 aliphatic carbocycles. The molecule has 2 fully saturated rings. The van der Waals surface area contributed by atoms with E-state index >= 15 is 0 Å². The van der Waals surface area contributed by atoms with E-state index in [4.69, 9.17) is 10.7 Å². The third-order valence-corrected chi connectivity index (χ3v) is 7.15. The van der Waals surface area contributed by atoms with E-state index in [0.29, 0.717) is 47.7 Å². The molecule has 38 heavy (non-hydrogen) atoms. The number of alkyl halides is 3. The van der Waals surface area contributed by atoms with E-state index < -0.39 is 23.7 Å². The van der Waals surface area contributed by atoms with E-state index in [2.05, 4.69) is 20.0 Å². The summed E-state index contributed by atoms with van der Waals surface area (Å²) < 4.78 is 44.7. The van der Waals surface area contributed by atoms with Gasteiger partial charge in [0.25, 0.3) is 5.91 Å². The van der Waals surface area contributed by atoms with Gasteiger partial charge in [-0.25, -0.2) is 9.97 Å². The molecule has 2 aliphatic rings. The van der Waals surface area contributed by atoms with Crippen molar-refractivity contribution in [2.45, 2.75) is 43.8 Å². The van der Waals surface area contributed by atoms with Crippen molar-refractivity contribution in [1.82, 2.24) is 24.4 Å². The van der Waals surface area contributed by atoms with Crippen LogP contribution in [0.15, 0.2) is 47.2 Å². The fourth-order valence-corrected chi connectivity index (χ4v) is 5.28. The molecule has 3 N–H and O–H groups in total. The number of amides is 2. The molecule has 0 saturated carbocycles. The lowest BCUT2D eigenvalue weighted by atomic mass is 9.92. The molecule has 4 aromatic rings. The smallest absolute Gasteiger partial charge is 0.382 e. The predicted molar refractivity (Wildman–Crippen MR) is 129 cm³/mol. The molecular weight excluding hydrogens is 503 g/mol. The zero-order chi connectivity index (χ0) is 26.6. The van der Waals surface area contributed by atoms with Crippen molar-refractivity contribution < 1.29 is 27.3 Å². The molecule has 2 aliphatic heterocycles. The first-order chi connectivity index (χ1) is 18.2. The van der Waals surface area contributed by atoms with Crippen LogP contribution in [0.25, 0.3) is 16.8 Å². The fraction of sp³-hybridized carbons (Fsp3) is 0.320. The van der Waals surface area contributed by atoms with E-state index in [1.807, 2.05) is 9.30 Å². The van der Waals surface area contributed by atoms with Crippen LogP contribution in [0.1, 0.15) is 53.5 Å². The molecular formula is C25H22F3N7O3. The summed E-state index contributed by atoms with van der Waals surface area (Å²) in [7, 11) is 0. The number of imidazole rings is 1. The highest BCUT2D eigenvalue weighted by atomic mass is 19.4. The maximum atomic E-state index is 12.7. The number of fused-ring (bicyclic) bond motifs is 2. The van der Waals surface area contributed by atoms with E-state index in [1.54, 1.807) is 24.5 Å². The van der Waals surface area contributed by atoms with Crippen LogP contribution in [0.4, 0.5) is 24.9 Å². The van der Waals surface area contributed by atoms with Gasteiger partial charge >= 0.3 is 6.18 Å². The summed E-state index contributed by atoms with van der Waals surface area (Å²) in [4.78, 5) is 36.0. The number of piperidine rings is 1. The number of hydrogen-bond donors (Lipinski definition) is 2. The standard InChI is InChI=1S/C25H22F3N7O3/c26-25(27,28)17-11-18(38-33-17)31-24(37)14-3-1-13(2-4-14)20-21-22(29)30-9-10-34(21)23(32-20)15-5-6-16-7-8-19(36)35(16)12-15/h1-4,9-11,15-16H,5-8,12H2,(H2,29,30)(H,31,37). The average molecular weight is 525 g/mol. The molecule has 10 nitrogen and oxygen atoms in total. The zero-order valence-corrected chi connectivity index (χ0v) is 19.9. The van der Waals surface area contributed by atoms with Gasteiger partial charge in [-0.1, -0.05) is 17.3 Å². The Balaban J connectivity index is 1.28. The average Bonchev–Trinajstić information content (AvgIpc) is 3.62. The molecule has 1 aromatic carbocycles. The Morgan fingerprint density at radius 3 is 2.68 bits per heavy atom. The second-order valence-corrected chi connectivity index (χ2v) is 9.47. The Hall–Kier alpha value is -4.42. The van der Waals surface area contributed by atoms with Crippen LogP contribution in [0, 0.1) is 0 Å². The summed E-state index contributed by atoms with van der Waals surface area (Å²) in [5.41, 5.74) is 7.08. The molecule has 2 saturated heterocycles. The maximum absolute atomic E-state index is 12.7. The topological polar surface area (TPSA) is 132 Å². The Morgan fingerprint density at radius 1 is 1.16 bits per heavy atom. The lowest BCUT2D eigenvalue weighted by Gasteiger charge is -2.34. The van der Waals surface area contributed by atoms with Crippen LogP contribution in [-0.4, -0.2) is 48.8 Å². The van der Waals surface area contributed by atoms with Crippen LogP contribution in [-0.2, 0) is 11.0 Å². The number of carbonyl (C=O) groups is 2. The fourth-order valence-electron chi connectivity index (χ4n) is 5.28. The van der Waals surface area contributed by atoms with Gasteiger partial charge in [-0.3, -0.25) is 19.3 Å². The highest BCUT2D eigenvalue weighted by molar-refractivity contribution is 6.04. The minimum Gasteiger partial charge on any atom is -0.382 e. The summed E-state index contributed by atoms with van der Waals surface area (Å²) in [5.74, 6) is 0.210. The van der Waals surface area contributed by atoms with Crippen molar-refractivity contribution in [3.63, 3.8) is 0 Å². The SMILES string of the molecule is Nc1nccn2c(C3CCC4CCC(=O)N4C3)nc(-c3ccc(C(=O)Nc4cc(C(F)(F)F)no4)cc3)c12. The number of nitrogens with one attached hydrogen (secondary N) is 1. The van der Waals surface area contributed by atoms with Crippen LogP contribution >= 0.6 is 0 Å². The highest BCUT2D eigenvalue weighted by Crippen LogP contribution is 2.38. The summed E-state index contributed by atoms with van der Waals surface area (Å²) in [6.07, 6.45) is 2.01. The molecule has 6 rings (SSSR count). The number of nitrogens with two attached hydrogens (primary N) is 1. The normalized spacial score (nSPS) is 19.7. The van der Waals surface area contributed by atoms with E-state index in [9.17, 15) is 22.8 Å². The van der Waals surface area contributed by atoms with Gasteiger partial charge in [-0.05, 0) is 31.4 Å². The number of hydrogen-bond acceptors (Lipinski definition) is 7. The van der Waals surface area contributed by atoms with Crippen molar-refractivity contribution in [2.75, 3.05) is 17.6 Å². The van der Waals surface area contributed by atoms with Gasteiger partial charge in [-0.2, -0.15) is 13.2 Å². The second kappa shape index (κ2) is 8.85. The molecule has 5 heterocycles. The summed E-state index contributed by atoms with van der Waals surface area (Å²) >= 11 is 0. The molecule has 2 amide bonds. The van der Waals surface area contributed by atoms with Gasteiger partial charge in [0.05, 0.1) is 0 Å². The molecule has 2 unspecified atom stereocenters. The van der Waals surface area contributed by atoms with Crippen molar-refractivity contribution in [3.8, 4) is 11.3 Å². The summed E-state index contributed by atoms with van der Waals surface area (Å²) in [6, 6.07) is 7.32. The molecule has 196 valence electrons. The minimum absolute atomic E-state index is 0.0323. The first-order valence-electron chi connectivity index (χ1n) is 12.1. The van der Waals surface area contributed by atoms with Crippen molar-refractivity contribution >= 4 is 29.0 Å². The van der Waals surface area contributed by atoms with Crippen LogP contribution in [0.5, 0.6) is 0 Å². The van der Waals surface area contributed by atoms with E-state index in [1.165, 1.54) is 12.1 Å². The quantitative estimate of drug-likeness (QED) is 0.410. The molecule has 0 spiro atoms. The largest absolute Gasteiger partial charge is 0.436 e. The predicted octanol–water partition coefficient (Wildman–Crippen LogP) is 4.11. The second-order valence-electron chi connectivity index (χ2n) is 9.47. The summed E-state index contributed by atoms with van der Waals surface area (Å²) in [6.45, 7) is 0.598. The number of benzene rings is 1. The highest BCUT2D eigenvalue weighted by Gasteiger charge is 2.38. The van der Waals surface area contributed by atoms with E-state index in [0.717, 1.165) is 25.1 Å². The maximum Gasteiger partial charge on any atom is 0.436 e.